The quantitative estimate of drug-likeness (QED) is 0.0329. The van der Waals surface area contributed by atoms with Crippen molar-refractivity contribution in [2.24, 2.45) is 0 Å². The molecule has 0 spiro atoms. The molecule has 0 unspecified atom stereocenters. The van der Waals surface area contributed by atoms with Gasteiger partial charge in [-0.25, -0.2) is 0 Å². The fourth-order valence-corrected chi connectivity index (χ4v) is 3.34. The second kappa shape index (κ2) is 60.8. The average Bonchev–Trinajstić information content (AvgIpc) is 3.20. The molecule has 0 atom stereocenters. The first-order chi connectivity index (χ1) is 25.8. The van der Waals surface area contributed by atoms with Crippen LogP contribution in [-0.4, -0.2) is 184 Å². The third-order valence-corrected chi connectivity index (χ3v) is 6.76. The second-order valence-corrected chi connectivity index (χ2v) is 12.2. The highest BCUT2D eigenvalue weighted by molar-refractivity contribution is 5.66. The van der Waals surface area contributed by atoms with Crippen molar-refractivity contribution in [3.8, 4) is 0 Å². The first-order valence-electron chi connectivity index (χ1n) is 19.2. The van der Waals surface area contributed by atoms with E-state index in [0.29, 0.717) is 6.42 Å². The molecule has 0 rings (SSSR count). The van der Waals surface area contributed by atoms with Gasteiger partial charge < -0.3 is 81.7 Å². The molecule has 0 saturated heterocycles. The lowest BCUT2D eigenvalue weighted by Crippen LogP contribution is -2.15. The summed E-state index contributed by atoms with van der Waals surface area (Å²) in [5, 5.41) is 129. The Morgan fingerprint density at radius 3 is 0.759 bits per heavy atom. The molecule has 17 nitrogen and oxygen atoms in total. The maximum atomic E-state index is 10.4. The van der Waals surface area contributed by atoms with Gasteiger partial charge in [-0.15, -0.1) is 0 Å². The number of carboxylic acid groups (broad SMARTS) is 1. The van der Waals surface area contributed by atoms with E-state index in [1.54, 1.807) is 0 Å². The molecule has 54 heavy (non-hydrogen) atoms. The molecular weight excluding hydrogens is 716 g/mol. The third kappa shape index (κ3) is 79.4. The smallest absolute Gasteiger partial charge is 0.303 e. The summed E-state index contributed by atoms with van der Waals surface area (Å²) in [7, 11) is 0. The molecule has 0 aromatic carbocycles. The molecule has 0 aromatic heterocycles. The number of hydrogen-bond acceptors (Lipinski definition) is 16. The zero-order chi connectivity index (χ0) is 42.7. The fourth-order valence-electron chi connectivity index (χ4n) is 3.34. The number of allylic oxidation sites excluding steroid dienone is 2. The number of carbonyl (C=O) groups is 1. The van der Waals surface area contributed by atoms with Crippen LogP contribution in [0.25, 0.3) is 0 Å². The van der Waals surface area contributed by atoms with Gasteiger partial charge in [0.25, 0.3) is 0 Å². The van der Waals surface area contributed by atoms with Gasteiger partial charge in [-0.3, -0.25) is 4.79 Å². The summed E-state index contributed by atoms with van der Waals surface area (Å²) < 4.78 is 0. The predicted molar refractivity (Wildman–Crippen MR) is 206 cm³/mol. The highest BCUT2D eigenvalue weighted by atomic mass is 16.4. The molecular formula is C37H82O17. The Morgan fingerprint density at radius 1 is 0.370 bits per heavy atom. The van der Waals surface area contributed by atoms with E-state index in [9.17, 15) is 4.79 Å². The van der Waals surface area contributed by atoms with Crippen LogP contribution in [0.2, 0.25) is 0 Å². The van der Waals surface area contributed by atoms with Crippen molar-refractivity contribution < 1.29 is 86.5 Å². The number of rotatable bonds is 29. The molecule has 332 valence electrons. The van der Waals surface area contributed by atoms with E-state index in [-0.39, 0.29) is 66.1 Å². The molecule has 0 aliphatic heterocycles. The van der Waals surface area contributed by atoms with Crippen LogP contribution in [0.15, 0.2) is 12.2 Å². The van der Waals surface area contributed by atoms with Crippen molar-refractivity contribution in [2.75, 3.05) is 66.1 Å². The third-order valence-electron chi connectivity index (χ3n) is 6.76. The van der Waals surface area contributed by atoms with Crippen molar-refractivity contribution >= 4 is 5.97 Å². The van der Waals surface area contributed by atoms with Crippen LogP contribution in [0.5, 0.6) is 0 Å². The number of aliphatic carboxylic acids is 1. The summed E-state index contributed by atoms with van der Waals surface area (Å²) in [6, 6.07) is 0. The summed E-state index contributed by atoms with van der Waals surface area (Å²) in [4.78, 5) is 10.4. The zero-order valence-electron chi connectivity index (χ0n) is 32.9. The monoisotopic (exact) mass is 799 g/mol. The Hall–Kier alpha value is -1.39. The fraction of sp³-hybridized carbons (Fsp3) is 0.919. The minimum atomic E-state index is -0.954. The average molecular weight is 799 g/mol. The van der Waals surface area contributed by atoms with Crippen molar-refractivity contribution in [1.82, 2.24) is 0 Å². The summed E-state index contributed by atoms with van der Waals surface area (Å²) >= 11 is 0. The van der Waals surface area contributed by atoms with Gasteiger partial charge in [-0.05, 0) is 32.1 Å². The predicted octanol–water partition coefficient (Wildman–Crippen LogP) is -0.672. The van der Waals surface area contributed by atoms with Gasteiger partial charge >= 0.3 is 5.97 Å². The topological polar surface area (TPSA) is 341 Å². The van der Waals surface area contributed by atoms with Crippen LogP contribution in [0, 0.1) is 0 Å². The highest BCUT2D eigenvalue weighted by Gasteiger charge is 1.98. The van der Waals surface area contributed by atoms with E-state index in [1.165, 1.54) is 96.3 Å². The number of carboxylic acids is 1. The molecule has 0 aliphatic rings. The van der Waals surface area contributed by atoms with Gasteiger partial charge in [0.1, 0.15) is 30.5 Å². The van der Waals surface area contributed by atoms with Crippen LogP contribution in [-0.2, 0) is 4.79 Å². The molecule has 0 fully saturated rings. The van der Waals surface area contributed by atoms with Crippen molar-refractivity contribution in [1.29, 1.82) is 0 Å². The largest absolute Gasteiger partial charge is 0.481 e. The van der Waals surface area contributed by atoms with Crippen LogP contribution in [0.1, 0.15) is 122 Å². The van der Waals surface area contributed by atoms with Gasteiger partial charge in [-0.2, -0.15) is 0 Å². The van der Waals surface area contributed by atoms with Crippen molar-refractivity contribution in [3.05, 3.63) is 12.2 Å². The van der Waals surface area contributed by atoms with E-state index >= 15 is 0 Å². The first-order valence-corrected chi connectivity index (χ1v) is 19.2. The molecule has 0 heterocycles. The van der Waals surface area contributed by atoms with Gasteiger partial charge in [0.2, 0.25) is 0 Å². The summed E-state index contributed by atoms with van der Waals surface area (Å²) in [6.07, 6.45) is 22.4. The normalized spacial score (nSPS) is 10.6. The summed E-state index contributed by atoms with van der Waals surface area (Å²) in [5.74, 6) is -0.656. The lowest BCUT2D eigenvalue weighted by Gasteiger charge is -2.01. The van der Waals surface area contributed by atoms with E-state index in [0.717, 1.165) is 12.8 Å². The Bertz CT molecular complexity index is 584. The summed E-state index contributed by atoms with van der Waals surface area (Å²) in [6.45, 7) is -1.37. The van der Waals surface area contributed by atoms with E-state index < -0.39 is 36.5 Å². The first kappa shape index (κ1) is 64.5. The summed E-state index contributed by atoms with van der Waals surface area (Å²) in [5.41, 5.74) is 0. The van der Waals surface area contributed by atoms with E-state index in [4.69, 9.17) is 81.7 Å². The molecule has 17 heteroatoms. The Labute approximate surface area is 323 Å². The molecule has 0 aromatic rings. The van der Waals surface area contributed by atoms with Crippen LogP contribution in [0.4, 0.5) is 0 Å². The Balaban J connectivity index is -0.000000154. The van der Waals surface area contributed by atoms with Crippen LogP contribution >= 0.6 is 0 Å². The maximum Gasteiger partial charge on any atom is 0.303 e. The second-order valence-electron chi connectivity index (χ2n) is 12.2. The molecule has 0 radical (unpaired) electrons. The van der Waals surface area contributed by atoms with Crippen molar-refractivity contribution in [2.45, 2.75) is 153 Å². The zero-order valence-corrected chi connectivity index (χ0v) is 32.9. The number of hydrogen-bond donors (Lipinski definition) is 16. The Kier molecular flexibility index (Phi) is 72.7. The van der Waals surface area contributed by atoms with Crippen LogP contribution < -0.4 is 0 Å². The molecule has 0 bridgehead atoms. The minimum absolute atomic E-state index is 0.340. The van der Waals surface area contributed by atoms with Crippen molar-refractivity contribution in [3.63, 3.8) is 0 Å². The van der Waals surface area contributed by atoms with Gasteiger partial charge in [0.15, 0.2) is 0 Å². The van der Waals surface area contributed by atoms with Gasteiger partial charge in [0, 0.05) is 6.42 Å². The number of unbranched alkanes of at least 4 members (excludes halogenated alkanes) is 15. The lowest BCUT2D eigenvalue weighted by molar-refractivity contribution is -0.137. The van der Waals surface area contributed by atoms with Gasteiger partial charge in [0.05, 0.1) is 66.1 Å². The van der Waals surface area contributed by atoms with E-state index in [1.807, 2.05) is 0 Å². The molecule has 0 amide bonds. The minimum Gasteiger partial charge on any atom is -0.481 e. The number of aliphatic hydroxyl groups excluding tert-OH is 15. The molecule has 0 saturated carbocycles. The maximum absolute atomic E-state index is 10.4. The highest BCUT2D eigenvalue weighted by Crippen LogP contribution is 2.12. The number of aliphatic hydroxyl groups is 15. The van der Waals surface area contributed by atoms with E-state index in [2.05, 4.69) is 19.1 Å². The lowest BCUT2D eigenvalue weighted by atomic mass is 10.1. The Morgan fingerprint density at radius 2 is 0.574 bits per heavy atom. The van der Waals surface area contributed by atoms with Gasteiger partial charge in [-0.1, -0.05) is 96.1 Å². The molecule has 16 N–H and O–H groups in total. The van der Waals surface area contributed by atoms with Crippen LogP contribution in [0.3, 0.4) is 0 Å². The standard InChI is InChI=1S/C22H42O2.5C3H8O3/c1-2-3-4-5-6-7-8-9-10-11-12-13-14-15-16-17-18-19-20-21-22(23)24;5*4-1-3(6)2-5/h9-10H,2-8,11-21H2,1H3,(H,23,24);5*3-6H,1-2H2/b10-9-;;;;;. The SMILES string of the molecule is CCCCCCCC/C=C\CCCCCCCCCCCC(=O)O.OCC(O)CO.OCC(O)CO.OCC(O)CO.OCC(O)CO.OCC(O)CO. The molecule has 0 aliphatic carbocycles.